The van der Waals surface area contributed by atoms with E-state index in [9.17, 15) is 0 Å². The van der Waals surface area contributed by atoms with Crippen LogP contribution >= 0.6 is 0 Å². The van der Waals surface area contributed by atoms with Gasteiger partial charge in [0, 0.05) is 18.3 Å². The lowest BCUT2D eigenvalue weighted by Gasteiger charge is -2.25. The first-order chi connectivity index (χ1) is 8.05. The van der Waals surface area contributed by atoms with Crippen molar-refractivity contribution >= 4 is 5.82 Å². The van der Waals surface area contributed by atoms with Crippen LogP contribution in [-0.4, -0.2) is 17.1 Å². The molecule has 0 aliphatic carbocycles. The van der Waals surface area contributed by atoms with Gasteiger partial charge in [-0.2, -0.15) is 0 Å². The highest BCUT2D eigenvalue weighted by Gasteiger charge is 2.39. The fourth-order valence-corrected chi connectivity index (χ4v) is 3.27. The van der Waals surface area contributed by atoms with Gasteiger partial charge in [-0.25, -0.2) is 4.98 Å². The highest BCUT2D eigenvalue weighted by Crippen LogP contribution is 2.40. The Morgan fingerprint density at radius 2 is 1.65 bits per heavy atom. The number of pyridine rings is 1. The topological polar surface area (TPSA) is 16.1 Å². The summed E-state index contributed by atoms with van der Waals surface area (Å²) < 4.78 is 0. The van der Waals surface area contributed by atoms with Gasteiger partial charge in [-0.05, 0) is 42.7 Å². The molecule has 0 aromatic carbocycles. The molecule has 2 saturated heterocycles. The van der Waals surface area contributed by atoms with Crippen molar-refractivity contribution in [3.63, 3.8) is 0 Å². The largest absolute Gasteiger partial charge is 0.351 e. The number of rotatable bonds is 1. The molecule has 17 heavy (non-hydrogen) atoms. The van der Waals surface area contributed by atoms with E-state index in [4.69, 9.17) is 4.98 Å². The van der Waals surface area contributed by atoms with Gasteiger partial charge >= 0.3 is 0 Å². The molecule has 2 aliphatic rings. The Morgan fingerprint density at radius 3 is 2.06 bits per heavy atom. The van der Waals surface area contributed by atoms with Crippen LogP contribution in [0.3, 0.4) is 0 Å². The normalized spacial score (nSPS) is 27.8. The summed E-state index contributed by atoms with van der Waals surface area (Å²) in [5, 5.41) is 0. The molecule has 1 aromatic rings. The number of aromatic nitrogens is 1. The average Bonchev–Trinajstić information content (AvgIpc) is 2.87. The van der Waals surface area contributed by atoms with Crippen molar-refractivity contribution in [2.45, 2.75) is 64.0 Å². The first kappa shape index (κ1) is 11.1. The maximum absolute atomic E-state index is 4.69. The number of hydrogen-bond acceptors (Lipinski definition) is 2. The van der Waals surface area contributed by atoms with Crippen LogP contribution in [0.15, 0.2) is 18.3 Å². The molecule has 2 nitrogen and oxygen atoms in total. The third-order valence-corrected chi connectivity index (χ3v) is 4.33. The Morgan fingerprint density at radius 1 is 1.06 bits per heavy atom. The van der Waals surface area contributed by atoms with Gasteiger partial charge in [0.15, 0.2) is 0 Å². The molecule has 0 radical (unpaired) electrons. The van der Waals surface area contributed by atoms with E-state index in [2.05, 4.69) is 44.0 Å². The van der Waals surface area contributed by atoms with Crippen LogP contribution in [0.25, 0.3) is 0 Å². The van der Waals surface area contributed by atoms with Crippen molar-refractivity contribution in [3.8, 4) is 0 Å². The van der Waals surface area contributed by atoms with Gasteiger partial charge in [-0.15, -0.1) is 0 Å². The van der Waals surface area contributed by atoms with Crippen LogP contribution in [0.2, 0.25) is 0 Å². The maximum atomic E-state index is 4.69. The van der Waals surface area contributed by atoms with E-state index in [0.29, 0.717) is 0 Å². The van der Waals surface area contributed by atoms with Crippen molar-refractivity contribution in [1.29, 1.82) is 0 Å². The summed E-state index contributed by atoms with van der Waals surface area (Å²) in [5.74, 6) is 1.20. The monoisotopic (exact) mass is 230 g/mol. The number of nitrogens with zero attached hydrogens (tertiary/aromatic N) is 2. The van der Waals surface area contributed by atoms with Crippen molar-refractivity contribution in [1.82, 2.24) is 4.98 Å². The number of anilines is 1. The van der Waals surface area contributed by atoms with E-state index < -0.39 is 0 Å². The van der Waals surface area contributed by atoms with Crippen LogP contribution in [0.4, 0.5) is 5.82 Å². The maximum Gasteiger partial charge on any atom is 0.128 e. The van der Waals surface area contributed by atoms with Gasteiger partial charge in [0.2, 0.25) is 0 Å². The van der Waals surface area contributed by atoms with E-state index in [1.807, 2.05) is 0 Å². The molecule has 0 spiro atoms. The fraction of sp³-hybridized carbons (Fsp3) is 0.667. The Labute approximate surface area is 104 Å². The number of fused-ring (bicyclic) bond motifs is 2. The van der Waals surface area contributed by atoms with Gasteiger partial charge in [0.05, 0.1) is 0 Å². The van der Waals surface area contributed by atoms with Crippen LogP contribution < -0.4 is 4.90 Å². The molecule has 1 aromatic heterocycles. The molecule has 0 N–H and O–H groups in total. The minimum Gasteiger partial charge on any atom is -0.351 e. The minimum atomic E-state index is 0.204. The minimum absolute atomic E-state index is 0.204. The Hall–Kier alpha value is -1.05. The Bertz CT molecular complexity index is 382. The Kier molecular flexibility index (Phi) is 2.42. The molecule has 0 amide bonds. The fourth-order valence-electron chi connectivity index (χ4n) is 3.27. The smallest absolute Gasteiger partial charge is 0.128 e. The molecule has 2 fully saturated rings. The lowest BCUT2D eigenvalue weighted by molar-refractivity contribution is 0.576. The molecule has 3 heterocycles. The standard InChI is InChI=1S/C15H22N2/c1-15(2,3)11-4-9-14(16-10-11)17-12-5-6-13(17)8-7-12/h4,9-10,12-13H,5-8H2,1-3H3. The van der Waals surface area contributed by atoms with E-state index in [1.54, 1.807) is 0 Å². The van der Waals surface area contributed by atoms with Gasteiger partial charge in [-0.3, -0.25) is 0 Å². The second-order valence-corrected chi connectivity index (χ2v) is 6.52. The van der Waals surface area contributed by atoms with Crippen LogP contribution in [0.5, 0.6) is 0 Å². The van der Waals surface area contributed by atoms with Crippen molar-refractivity contribution < 1.29 is 0 Å². The zero-order chi connectivity index (χ0) is 12.0. The summed E-state index contributed by atoms with van der Waals surface area (Å²) in [5.41, 5.74) is 1.53. The lowest BCUT2D eigenvalue weighted by atomic mass is 9.88. The lowest BCUT2D eigenvalue weighted by Crippen LogP contribution is -2.29. The van der Waals surface area contributed by atoms with E-state index in [-0.39, 0.29) is 5.41 Å². The van der Waals surface area contributed by atoms with Crippen LogP contribution in [0.1, 0.15) is 52.0 Å². The van der Waals surface area contributed by atoms with E-state index in [1.165, 1.54) is 37.1 Å². The Balaban J connectivity index is 1.86. The SMILES string of the molecule is CC(C)(C)c1ccc(N2C3CCC2CC3)nc1. The summed E-state index contributed by atoms with van der Waals surface area (Å²) in [4.78, 5) is 7.26. The van der Waals surface area contributed by atoms with Crippen LogP contribution in [0, 0.1) is 0 Å². The van der Waals surface area contributed by atoms with Crippen molar-refractivity contribution in [2.75, 3.05) is 4.90 Å². The molecular weight excluding hydrogens is 208 g/mol. The second kappa shape index (κ2) is 3.72. The van der Waals surface area contributed by atoms with Gasteiger partial charge in [0.25, 0.3) is 0 Å². The quantitative estimate of drug-likeness (QED) is 0.734. The summed E-state index contributed by atoms with van der Waals surface area (Å²) in [6, 6.07) is 6.01. The molecule has 2 aliphatic heterocycles. The zero-order valence-electron chi connectivity index (χ0n) is 11.1. The van der Waals surface area contributed by atoms with E-state index in [0.717, 1.165) is 12.1 Å². The molecule has 0 unspecified atom stereocenters. The third-order valence-electron chi connectivity index (χ3n) is 4.33. The molecule has 0 atom stereocenters. The molecular formula is C15H22N2. The third kappa shape index (κ3) is 1.84. The predicted molar refractivity (Wildman–Crippen MR) is 71.5 cm³/mol. The molecule has 3 rings (SSSR count). The average molecular weight is 230 g/mol. The zero-order valence-corrected chi connectivity index (χ0v) is 11.1. The van der Waals surface area contributed by atoms with Gasteiger partial charge < -0.3 is 4.90 Å². The highest BCUT2D eigenvalue weighted by atomic mass is 15.3. The van der Waals surface area contributed by atoms with Gasteiger partial charge in [-0.1, -0.05) is 26.8 Å². The summed E-state index contributed by atoms with van der Waals surface area (Å²) in [6.45, 7) is 6.72. The first-order valence-corrected chi connectivity index (χ1v) is 6.80. The first-order valence-electron chi connectivity index (χ1n) is 6.80. The molecule has 2 heteroatoms. The molecule has 92 valence electrons. The van der Waals surface area contributed by atoms with Crippen molar-refractivity contribution in [2.24, 2.45) is 0 Å². The van der Waals surface area contributed by atoms with Crippen LogP contribution in [-0.2, 0) is 5.41 Å². The predicted octanol–water partition coefficient (Wildman–Crippen LogP) is 3.51. The van der Waals surface area contributed by atoms with Gasteiger partial charge in [0.1, 0.15) is 5.82 Å². The second-order valence-electron chi connectivity index (χ2n) is 6.52. The highest BCUT2D eigenvalue weighted by molar-refractivity contribution is 5.45. The summed E-state index contributed by atoms with van der Waals surface area (Å²) in [7, 11) is 0. The van der Waals surface area contributed by atoms with Crippen molar-refractivity contribution in [3.05, 3.63) is 23.9 Å². The molecule has 2 bridgehead atoms. The van der Waals surface area contributed by atoms with E-state index >= 15 is 0 Å². The number of hydrogen-bond donors (Lipinski definition) is 0. The summed E-state index contributed by atoms with van der Waals surface area (Å²) in [6.07, 6.45) is 7.54. The molecule has 0 saturated carbocycles. The summed E-state index contributed by atoms with van der Waals surface area (Å²) >= 11 is 0.